The molecule has 0 spiro atoms. The molecule has 2 atom stereocenters. The molecular weight excluding hydrogens is 786 g/mol. The third-order valence-electron chi connectivity index (χ3n) is 9.54. The number of nitrogens with two attached hydrogens (primary N) is 1. The smallest absolute Gasteiger partial charge is 0.443 e. The number of nitrogens with one attached hydrogen (secondary N) is 1. The molecule has 1 aliphatic rings. The summed E-state index contributed by atoms with van der Waals surface area (Å²) in [6.45, 7) is 23.2. The van der Waals surface area contributed by atoms with E-state index in [0.717, 1.165) is 43.7 Å². The third kappa shape index (κ3) is 15.4. The Bertz CT molecular complexity index is 1930. The van der Waals surface area contributed by atoms with Gasteiger partial charge in [-0.25, -0.2) is 9.59 Å². The molecule has 1 aliphatic heterocycles. The van der Waals surface area contributed by atoms with E-state index < -0.39 is 18.3 Å². The fourth-order valence-electron chi connectivity index (χ4n) is 5.34. The van der Waals surface area contributed by atoms with Crippen LogP contribution in [0.5, 0.6) is 0 Å². The minimum atomic E-state index is -0.520. The minimum absolute atomic E-state index is 0.0947. The van der Waals surface area contributed by atoms with E-state index in [4.69, 9.17) is 47.7 Å². The van der Waals surface area contributed by atoms with E-state index in [9.17, 15) is 9.59 Å². The molecule has 10 nitrogen and oxygen atoms in total. The van der Waals surface area contributed by atoms with Crippen molar-refractivity contribution in [3.8, 4) is 0 Å². The van der Waals surface area contributed by atoms with Crippen LogP contribution in [0.4, 0.5) is 26.7 Å². The highest BCUT2D eigenvalue weighted by Gasteiger charge is 2.51. The largest absolute Gasteiger partial charge is 0.494 e. The minimum Gasteiger partial charge on any atom is -0.443 e. The Morgan fingerprint density at radius 1 is 0.644 bits per heavy atom. The summed E-state index contributed by atoms with van der Waals surface area (Å²) in [5.41, 5.74) is 9.55. The molecule has 0 unspecified atom stereocenters. The van der Waals surface area contributed by atoms with Crippen molar-refractivity contribution in [3.05, 3.63) is 118 Å². The standard InChI is InChI=1S/C20H25ClN2O2.C18H28BNO4.C8H10ClN/c1-14(15-6-8-16(21)9-7-15)22-17-10-12-18(13-11-17)23(5)19(24)25-20(2,3)4;1-16(2,3)22-15(21)20(8)14-11-9-13(10-12-14)19-23-17(4,5)18(6,7)24-19;1-6(10)7-2-4-8(9)5-3-7/h6-14,22H,1-5H3;9-12H,1-8H3;2-6H,10H2,1H3/t14-;;6-/m0.0/s1. The number of carbonyl (C=O) groups excluding carboxylic acids is 2. The van der Waals surface area contributed by atoms with Crippen molar-refractivity contribution in [2.75, 3.05) is 29.2 Å². The van der Waals surface area contributed by atoms with Crippen molar-refractivity contribution in [3.63, 3.8) is 0 Å². The lowest BCUT2D eigenvalue weighted by Crippen LogP contribution is -2.41. The van der Waals surface area contributed by atoms with Crippen LogP contribution in [0.3, 0.4) is 0 Å². The van der Waals surface area contributed by atoms with E-state index >= 15 is 0 Å². The molecule has 0 bridgehead atoms. The van der Waals surface area contributed by atoms with Gasteiger partial charge in [-0.1, -0.05) is 59.6 Å². The zero-order valence-electron chi connectivity index (χ0n) is 37.1. The van der Waals surface area contributed by atoms with Gasteiger partial charge in [0.25, 0.3) is 0 Å². The first-order chi connectivity index (χ1) is 27.2. The summed E-state index contributed by atoms with van der Waals surface area (Å²) in [6, 6.07) is 30.8. The summed E-state index contributed by atoms with van der Waals surface area (Å²) in [6.07, 6.45) is -0.756. The molecule has 5 rings (SSSR count). The number of amides is 2. The van der Waals surface area contributed by atoms with E-state index in [1.807, 2.05) is 173 Å². The van der Waals surface area contributed by atoms with Crippen LogP contribution in [0.1, 0.15) is 106 Å². The van der Waals surface area contributed by atoms with Gasteiger partial charge in [0, 0.05) is 53.3 Å². The summed E-state index contributed by atoms with van der Waals surface area (Å²) in [5.74, 6) is 0. The predicted molar refractivity (Wildman–Crippen MR) is 245 cm³/mol. The molecule has 0 aliphatic carbocycles. The highest BCUT2D eigenvalue weighted by molar-refractivity contribution is 6.62. The second kappa shape index (κ2) is 20.3. The van der Waals surface area contributed by atoms with Gasteiger partial charge >= 0.3 is 19.3 Å². The maximum absolute atomic E-state index is 12.1. The van der Waals surface area contributed by atoms with E-state index in [2.05, 4.69) is 12.2 Å². The normalized spacial score (nSPS) is 15.3. The van der Waals surface area contributed by atoms with Crippen LogP contribution in [0.15, 0.2) is 97.1 Å². The van der Waals surface area contributed by atoms with Crippen LogP contribution in [-0.4, -0.2) is 55.8 Å². The Hall–Kier alpha value is -4.26. The summed E-state index contributed by atoms with van der Waals surface area (Å²) < 4.78 is 22.8. The van der Waals surface area contributed by atoms with E-state index in [1.165, 1.54) is 9.80 Å². The monoisotopic (exact) mass is 848 g/mol. The van der Waals surface area contributed by atoms with Crippen molar-refractivity contribution in [2.24, 2.45) is 5.73 Å². The Kier molecular flexibility index (Phi) is 16.9. The number of halogens is 2. The van der Waals surface area contributed by atoms with Gasteiger partial charge in [0.2, 0.25) is 0 Å². The molecule has 2 amide bonds. The third-order valence-corrected chi connectivity index (χ3v) is 10.0. The Morgan fingerprint density at radius 2 is 1.00 bits per heavy atom. The van der Waals surface area contributed by atoms with Crippen molar-refractivity contribution < 1.29 is 28.4 Å². The maximum atomic E-state index is 12.1. The van der Waals surface area contributed by atoms with E-state index in [0.29, 0.717) is 0 Å². The Morgan fingerprint density at radius 3 is 1.36 bits per heavy atom. The first-order valence-corrected chi connectivity index (χ1v) is 20.5. The lowest BCUT2D eigenvalue weighted by Gasteiger charge is -2.32. The molecule has 1 fully saturated rings. The van der Waals surface area contributed by atoms with Crippen molar-refractivity contribution in [1.82, 2.24) is 0 Å². The molecule has 0 saturated carbocycles. The second-order valence-corrected chi connectivity index (χ2v) is 18.4. The lowest BCUT2D eigenvalue weighted by atomic mass is 9.79. The topological polar surface area (TPSA) is 116 Å². The molecule has 1 heterocycles. The summed E-state index contributed by atoms with van der Waals surface area (Å²) in [7, 11) is 2.99. The van der Waals surface area contributed by atoms with Crippen LogP contribution >= 0.6 is 23.2 Å². The number of nitrogens with zero attached hydrogens (tertiary/aromatic N) is 2. The molecule has 4 aromatic carbocycles. The predicted octanol–water partition coefficient (Wildman–Crippen LogP) is 11.6. The molecule has 0 radical (unpaired) electrons. The molecule has 59 heavy (non-hydrogen) atoms. The molecule has 1 saturated heterocycles. The van der Waals surface area contributed by atoms with Crippen molar-refractivity contribution >= 4 is 65.0 Å². The van der Waals surface area contributed by atoms with Crippen molar-refractivity contribution in [1.29, 1.82) is 0 Å². The number of carbonyl (C=O) groups is 2. The first-order valence-electron chi connectivity index (χ1n) is 19.7. The number of rotatable bonds is 7. The van der Waals surface area contributed by atoms with Crippen LogP contribution in [-0.2, 0) is 18.8 Å². The van der Waals surface area contributed by atoms with Gasteiger partial charge < -0.3 is 29.8 Å². The number of benzene rings is 4. The highest BCUT2D eigenvalue weighted by atomic mass is 35.5. The molecule has 0 aromatic heterocycles. The second-order valence-electron chi connectivity index (χ2n) is 17.6. The molecule has 4 aromatic rings. The summed E-state index contributed by atoms with van der Waals surface area (Å²) in [4.78, 5) is 27.2. The number of hydrogen-bond acceptors (Lipinski definition) is 8. The van der Waals surface area contributed by atoms with Gasteiger partial charge in [-0.05, 0) is 160 Å². The average molecular weight is 850 g/mol. The first kappa shape index (κ1) is 49.1. The van der Waals surface area contributed by atoms with E-state index in [1.54, 1.807) is 14.1 Å². The van der Waals surface area contributed by atoms with Gasteiger partial charge in [-0.15, -0.1) is 0 Å². The Labute approximate surface area is 362 Å². The summed E-state index contributed by atoms with van der Waals surface area (Å²) in [5, 5.41) is 4.91. The van der Waals surface area contributed by atoms with E-state index in [-0.39, 0.29) is 35.5 Å². The van der Waals surface area contributed by atoms with Gasteiger partial charge in [0.15, 0.2) is 0 Å². The highest BCUT2D eigenvalue weighted by Crippen LogP contribution is 2.36. The van der Waals surface area contributed by atoms with Gasteiger partial charge in [0.05, 0.1) is 11.2 Å². The average Bonchev–Trinajstić information content (AvgIpc) is 3.36. The van der Waals surface area contributed by atoms with Crippen LogP contribution < -0.4 is 26.3 Å². The fraction of sp³-hybridized carbons (Fsp3) is 0.435. The zero-order valence-corrected chi connectivity index (χ0v) is 38.7. The number of hydrogen-bond donors (Lipinski definition) is 2. The molecule has 3 N–H and O–H groups in total. The van der Waals surface area contributed by atoms with Gasteiger partial charge in [-0.2, -0.15) is 0 Å². The van der Waals surface area contributed by atoms with Gasteiger partial charge in [-0.3, -0.25) is 9.80 Å². The van der Waals surface area contributed by atoms with Gasteiger partial charge in [0.1, 0.15) is 11.2 Å². The van der Waals surface area contributed by atoms with Crippen LogP contribution in [0, 0.1) is 0 Å². The number of anilines is 3. The zero-order chi connectivity index (χ0) is 44.5. The maximum Gasteiger partial charge on any atom is 0.494 e. The molecule has 320 valence electrons. The summed E-state index contributed by atoms with van der Waals surface area (Å²) >= 11 is 11.6. The number of ether oxygens (including phenoxy) is 2. The molecular formula is C46H63BCl2N4O6. The SMILES string of the molecule is CN(C(=O)OC(C)(C)C)c1ccc(B2OC(C)(C)C(C)(C)O2)cc1.C[C@H](N)c1ccc(Cl)cc1.C[C@H](Nc1ccc(N(C)C(=O)OC(C)(C)C)cc1)c1ccc(Cl)cc1. The lowest BCUT2D eigenvalue weighted by molar-refractivity contribution is 0.00578. The van der Waals surface area contributed by atoms with Crippen LogP contribution in [0.2, 0.25) is 10.0 Å². The molecule has 13 heteroatoms. The van der Waals surface area contributed by atoms with Crippen LogP contribution in [0.25, 0.3) is 0 Å². The van der Waals surface area contributed by atoms with Crippen molar-refractivity contribution in [2.45, 2.75) is 118 Å². The quantitative estimate of drug-likeness (QED) is 0.177. The Balaban J connectivity index is 0.000000257. The fourth-order valence-corrected chi connectivity index (χ4v) is 5.59.